The second kappa shape index (κ2) is 15.6. The minimum absolute atomic E-state index is 0. The van der Waals surface area contributed by atoms with Crippen LogP contribution in [-0.4, -0.2) is 90.6 Å². The highest BCUT2D eigenvalue weighted by molar-refractivity contribution is 7.91. The van der Waals surface area contributed by atoms with E-state index in [9.17, 15) is 34.9 Å². The lowest BCUT2D eigenvalue weighted by atomic mass is 9.93. The van der Waals surface area contributed by atoms with Crippen LogP contribution in [0.3, 0.4) is 0 Å². The topological polar surface area (TPSA) is 182 Å². The van der Waals surface area contributed by atoms with E-state index in [1.807, 2.05) is 11.8 Å². The van der Waals surface area contributed by atoms with Gasteiger partial charge >= 0.3 is 0 Å². The van der Waals surface area contributed by atoms with E-state index in [2.05, 4.69) is 0 Å². The van der Waals surface area contributed by atoms with E-state index < -0.39 is 48.8 Å². The molecule has 0 atom stereocenters. The molecule has 1 aliphatic carbocycles. The molecule has 0 saturated heterocycles. The average molecular weight is 765 g/mol. The zero-order valence-corrected chi connectivity index (χ0v) is 30.4. The van der Waals surface area contributed by atoms with Crippen LogP contribution in [0.5, 0.6) is 0 Å². The lowest BCUT2D eigenvalue weighted by molar-refractivity contribution is -0.0000216. The molecule has 5 rings (SSSR count). The number of rotatable bonds is 13. The average Bonchev–Trinajstić information content (AvgIpc) is 3.06. The van der Waals surface area contributed by atoms with Crippen LogP contribution in [0.25, 0.3) is 33.4 Å². The van der Waals surface area contributed by atoms with Crippen LogP contribution < -0.4 is 27.2 Å². The van der Waals surface area contributed by atoms with E-state index in [4.69, 9.17) is 9.52 Å². The van der Waals surface area contributed by atoms with E-state index in [0.29, 0.717) is 51.1 Å². The van der Waals surface area contributed by atoms with Gasteiger partial charge in [-0.05, 0) is 49.4 Å². The summed E-state index contributed by atoms with van der Waals surface area (Å²) in [6.45, 7) is 1.51. The van der Waals surface area contributed by atoms with Gasteiger partial charge in [-0.2, -0.15) is 8.42 Å². The molecule has 1 heterocycles. The van der Waals surface area contributed by atoms with Crippen molar-refractivity contribution in [1.29, 1.82) is 0 Å². The molecule has 12 nitrogen and oxygen atoms in total. The summed E-state index contributed by atoms with van der Waals surface area (Å²) >= 11 is 0. The Morgan fingerprint density at radius 2 is 1.46 bits per heavy atom. The number of aliphatic hydroxyl groups is 2. The lowest BCUT2D eigenvalue weighted by Gasteiger charge is -2.25. The van der Waals surface area contributed by atoms with E-state index in [1.54, 1.807) is 72.3 Å². The number of nitrogens with zero attached hydrogens (tertiary/aromatic N) is 2. The monoisotopic (exact) mass is 764 g/mol. The molecule has 3 aromatic carbocycles. The summed E-state index contributed by atoms with van der Waals surface area (Å²) in [7, 11) is -10.1. The maximum Gasteiger partial charge on any atom is 0.295 e. The summed E-state index contributed by atoms with van der Waals surface area (Å²) in [5, 5.41) is 19.5. The summed E-state index contributed by atoms with van der Waals surface area (Å²) in [4.78, 5) is 1.65. The fourth-order valence-electron chi connectivity index (χ4n) is 5.70. The molecular weight excluding hydrogens is 728 g/mol. The van der Waals surface area contributed by atoms with Crippen molar-refractivity contribution in [1.82, 2.24) is 4.58 Å². The first kappa shape index (κ1) is 39.0. The summed E-state index contributed by atoms with van der Waals surface area (Å²) in [6.07, 6.45) is 0. The molecule has 3 N–H and O–H groups in total. The molecule has 0 spiro atoms. The van der Waals surface area contributed by atoms with E-state index in [0.717, 1.165) is 0 Å². The van der Waals surface area contributed by atoms with Gasteiger partial charge in [-0.15, -0.1) is 0 Å². The molecule has 1 aliphatic heterocycles. The third-order valence-corrected chi connectivity index (χ3v) is 12.4. The number of sulfone groups is 2. The lowest BCUT2D eigenvalue weighted by Crippen LogP contribution is -3.00. The standard InChI is InChI=1S/C34H36N2O10S3.ClH/c1-3-36(25-7-6-8-27(21-25)48(41,42)20-17-38)26-12-14-29-32(23-26)46-31-22-24(35(2)15-18-47(39,40)19-16-37)11-13-28(31)34(29)30-9-4-5-10-33(30)49(43,44)45;/h4-14,21-23,37-38H,3,15-20H2,1-2H3;1H. The molecule has 3 aromatic rings. The predicted molar refractivity (Wildman–Crippen MR) is 188 cm³/mol. The van der Waals surface area contributed by atoms with Crippen molar-refractivity contribution in [2.24, 2.45) is 0 Å². The first-order chi connectivity index (χ1) is 23.2. The molecule has 16 heteroatoms. The Kier molecular flexibility index (Phi) is 12.2. The van der Waals surface area contributed by atoms with Crippen LogP contribution in [0.4, 0.5) is 11.4 Å². The number of hydrogen-bond acceptors (Lipinski definition) is 10. The van der Waals surface area contributed by atoms with Crippen molar-refractivity contribution < 1.29 is 56.8 Å². The molecule has 0 bridgehead atoms. The van der Waals surface area contributed by atoms with Crippen molar-refractivity contribution in [2.75, 3.05) is 55.5 Å². The maximum absolute atomic E-state index is 12.7. The molecule has 0 radical (unpaired) electrons. The van der Waals surface area contributed by atoms with Gasteiger partial charge in [-0.3, -0.25) is 4.55 Å². The zero-order chi connectivity index (χ0) is 35.6. The second-order valence-electron chi connectivity index (χ2n) is 11.4. The third-order valence-electron chi connectivity index (χ3n) is 8.18. The Morgan fingerprint density at radius 3 is 2.14 bits per heavy atom. The molecule has 0 amide bonds. The fourth-order valence-corrected chi connectivity index (χ4v) is 8.50. The van der Waals surface area contributed by atoms with E-state index in [1.165, 1.54) is 24.3 Å². The molecule has 268 valence electrons. The normalized spacial score (nSPS) is 12.9. The Labute approximate surface area is 297 Å². The van der Waals surface area contributed by atoms with Gasteiger partial charge in [0.05, 0.1) is 35.7 Å². The maximum atomic E-state index is 12.7. The van der Waals surface area contributed by atoms with Gasteiger partial charge in [0.15, 0.2) is 26.2 Å². The quantitative estimate of drug-likeness (QED) is 0.0846. The van der Waals surface area contributed by atoms with Crippen LogP contribution in [0, 0.1) is 0 Å². The van der Waals surface area contributed by atoms with Gasteiger partial charge in [0, 0.05) is 52.1 Å². The van der Waals surface area contributed by atoms with Crippen LogP contribution >= 0.6 is 0 Å². The first-order valence-corrected chi connectivity index (χ1v) is 20.2. The van der Waals surface area contributed by atoms with Crippen LogP contribution in [0.2, 0.25) is 0 Å². The number of anilines is 2. The smallest absolute Gasteiger partial charge is 0.295 e. The second-order valence-corrected chi connectivity index (χ2v) is 17.2. The molecule has 0 aromatic heterocycles. The summed E-state index contributed by atoms with van der Waals surface area (Å²) in [6, 6.07) is 23.0. The largest absolute Gasteiger partial charge is 1.00 e. The van der Waals surface area contributed by atoms with E-state index >= 15 is 0 Å². The highest BCUT2D eigenvalue weighted by Gasteiger charge is 2.25. The van der Waals surface area contributed by atoms with Crippen molar-refractivity contribution >= 4 is 52.1 Å². The highest BCUT2D eigenvalue weighted by atomic mass is 35.5. The van der Waals surface area contributed by atoms with Crippen molar-refractivity contribution in [3.63, 3.8) is 0 Å². The first-order valence-electron chi connectivity index (χ1n) is 15.3. The number of halogens is 1. The van der Waals surface area contributed by atoms with Crippen molar-refractivity contribution in [3.8, 4) is 22.5 Å². The van der Waals surface area contributed by atoms with Crippen molar-refractivity contribution in [2.45, 2.75) is 16.7 Å². The Morgan fingerprint density at radius 1 is 0.760 bits per heavy atom. The van der Waals surface area contributed by atoms with Gasteiger partial charge in [0.2, 0.25) is 5.36 Å². The molecule has 0 unspecified atom stereocenters. The SMILES string of the molecule is CCN(c1cccc(S(=O)(=O)CCO)c1)c1ccc2c(-c3ccccc3S(=O)(=O)O)c3ccc(=[N+](C)CCS(=O)(=O)CCO)cc-3oc2c1.[Cl-]. The minimum Gasteiger partial charge on any atom is -1.00 e. The molecule has 0 fully saturated rings. The number of fused-ring (bicyclic) bond motifs is 2. The van der Waals surface area contributed by atoms with Crippen LogP contribution in [-0.2, 0) is 29.8 Å². The van der Waals surface area contributed by atoms with Gasteiger partial charge in [0.25, 0.3) is 10.1 Å². The number of benzene rings is 4. The van der Waals surface area contributed by atoms with Gasteiger partial charge in [-0.25, -0.2) is 21.4 Å². The van der Waals surface area contributed by atoms with E-state index in [-0.39, 0.29) is 45.8 Å². The zero-order valence-electron chi connectivity index (χ0n) is 27.2. The molecule has 0 saturated carbocycles. The minimum atomic E-state index is -4.64. The third kappa shape index (κ3) is 8.37. The predicted octanol–water partition coefficient (Wildman–Crippen LogP) is 0.188. The molecular formula is C34H37ClN2O10S3. The number of hydrogen-bond donors (Lipinski definition) is 3. The Hall–Kier alpha value is -3.83. The molecule has 50 heavy (non-hydrogen) atoms. The van der Waals surface area contributed by atoms with Crippen molar-refractivity contribution in [3.05, 3.63) is 90.3 Å². The number of aliphatic hydroxyl groups excluding tert-OH is 2. The van der Waals surface area contributed by atoms with Gasteiger partial charge in [-0.1, -0.05) is 24.3 Å². The highest BCUT2D eigenvalue weighted by Crippen LogP contribution is 2.43. The van der Waals surface area contributed by atoms with Crippen LogP contribution in [0.1, 0.15) is 6.92 Å². The van der Waals surface area contributed by atoms with Crippen LogP contribution in [0.15, 0.2) is 99.1 Å². The summed E-state index contributed by atoms with van der Waals surface area (Å²) in [5.41, 5.74) is 2.85. The van der Waals surface area contributed by atoms with Gasteiger partial charge in [0.1, 0.15) is 29.0 Å². The fraction of sp³-hybridized carbons (Fsp3) is 0.265. The Balaban J connectivity index is 0.00000562. The Bertz CT molecular complexity index is 2390. The van der Waals surface area contributed by atoms with Gasteiger partial charge < -0.3 is 31.9 Å². The molecule has 2 aliphatic rings. The summed E-state index contributed by atoms with van der Waals surface area (Å²) < 4.78 is 93.2. The summed E-state index contributed by atoms with van der Waals surface area (Å²) in [5.74, 6) is -0.570.